The topological polar surface area (TPSA) is 75.7 Å². The largest absolute Gasteiger partial charge is 0.497 e. The van der Waals surface area contributed by atoms with E-state index in [1.165, 1.54) is 0 Å². The Labute approximate surface area is 183 Å². The van der Waals surface area contributed by atoms with Crippen LogP contribution in [0, 0.1) is 0 Å². The van der Waals surface area contributed by atoms with Gasteiger partial charge in [-0.3, -0.25) is 19.3 Å². The Hall–Kier alpha value is -3.58. The molecular formula is C24H20N2O4S. The van der Waals surface area contributed by atoms with Crippen LogP contribution in [-0.2, 0) is 9.59 Å². The lowest BCUT2D eigenvalue weighted by molar-refractivity contribution is -0.123. The Kier molecular flexibility index (Phi) is 6.04. The van der Waals surface area contributed by atoms with Crippen LogP contribution in [0.2, 0.25) is 0 Å². The van der Waals surface area contributed by atoms with E-state index in [4.69, 9.17) is 4.74 Å². The van der Waals surface area contributed by atoms with Crippen LogP contribution < -0.4 is 10.1 Å². The van der Waals surface area contributed by atoms with Crippen LogP contribution >= 0.6 is 11.8 Å². The van der Waals surface area contributed by atoms with Gasteiger partial charge >= 0.3 is 0 Å². The number of hydrogen-bond donors (Lipinski definition) is 1. The molecule has 0 saturated carbocycles. The van der Waals surface area contributed by atoms with Crippen molar-refractivity contribution in [2.75, 3.05) is 19.0 Å². The summed E-state index contributed by atoms with van der Waals surface area (Å²) < 4.78 is 5.12. The molecule has 1 saturated heterocycles. The van der Waals surface area contributed by atoms with E-state index in [1.54, 1.807) is 25.3 Å². The number of imide groups is 1. The number of methoxy groups -OCH3 is 1. The molecule has 3 aromatic carbocycles. The van der Waals surface area contributed by atoms with Gasteiger partial charge in [0.2, 0.25) is 5.91 Å². The molecule has 0 spiro atoms. The van der Waals surface area contributed by atoms with Crippen molar-refractivity contribution in [3.8, 4) is 5.75 Å². The molecule has 1 fully saturated rings. The molecule has 1 N–H and O–H groups in total. The molecule has 4 rings (SSSR count). The third-order valence-electron chi connectivity index (χ3n) is 4.91. The number of anilines is 1. The van der Waals surface area contributed by atoms with Gasteiger partial charge < -0.3 is 10.1 Å². The molecule has 3 amide bonds. The number of nitrogens with zero attached hydrogens (tertiary/aromatic N) is 1. The average Bonchev–Trinajstić information content (AvgIpc) is 3.05. The molecule has 0 radical (unpaired) electrons. The summed E-state index contributed by atoms with van der Waals surface area (Å²) in [6.07, 6.45) is 1.69. The molecule has 1 aliphatic rings. The molecule has 0 aliphatic carbocycles. The Balaban J connectivity index is 1.40. The third kappa shape index (κ3) is 4.62. The second-order valence-corrected chi connectivity index (χ2v) is 7.92. The molecule has 0 unspecified atom stereocenters. The fraction of sp³-hybridized carbons (Fsp3) is 0.125. The van der Waals surface area contributed by atoms with Crippen molar-refractivity contribution < 1.29 is 19.1 Å². The van der Waals surface area contributed by atoms with Gasteiger partial charge in [-0.2, -0.15) is 0 Å². The first-order valence-corrected chi connectivity index (χ1v) is 10.5. The van der Waals surface area contributed by atoms with Crippen molar-refractivity contribution in [3.63, 3.8) is 0 Å². The van der Waals surface area contributed by atoms with Crippen molar-refractivity contribution in [1.82, 2.24) is 4.90 Å². The van der Waals surface area contributed by atoms with Gasteiger partial charge in [-0.05, 0) is 47.0 Å². The predicted octanol–water partition coefficient (Wildman–Crippen LogP) is 4.91. The maximum Gasteiger partial charge on any atom is 0.293 e. The fourth-order valence-corrected chi connectivity index (χ4v) is 4.17. The molecule has 6 nitrogen and oxygen atoms in total. The van der Waals surface area contributed by atoms with Crippen LogP contribution in [0.15, 0.2) is 71.6 Å². The summed E-state index contributed by atoms with van der Waals surface area (Å²) in [6.45, 7) is 0.0290. The van der Waals surface area contributed by atoms with Gasteiger partial charge in [0.05, 0.1) is 12.0 Å². The number of hydrogen-bond acceptors (Lipinski definition) is 5. The Morgan fingerprint density at radius 1 is 1.03 bits per heavy atom. The van der Waals surface area contributed by atoms with Crippen LogP contribution in [-0.4, -0.2) is 35.6 Å². The molecule has 1 aliphatic heterocycles. The zero-order valence-electron chi connectivity index (χ0n) is 16.8. The van der Waals surface area contributed by atoms with E-state index in [9.17, 15) is 14.4 Å². The molecule has 3 aromatic rings. The number of carbonyl (C=O) groups is 3. The minimum Gasteiger partial charge on any atom is -0.497 e. The Bertz CT molecular complexity index is 1180. The SMILES string of the molecule is COc1ccc(/C=C2\SC(=O)N(CCC(=O)Nc3cccc4ccccc34)C2=O)cc1. The van der Waals surface area contributed by atoms with E-state index in [0.717, 1.165) is 33.0 Å². The van der Waals surface area contributed by atoms with Gasteiger partial charge in [0.15, 0.2) is 0 Å². The fourth-order valence-electron chi connectivity index (χ4n) is 3.30. The summed E-state index contributed by atoms with van der Waals surface area (Å²) in [5, 5.41) is 4.47. The third-order valence-corrected chi connectivity index (χ3v) is 5.82. The summed E-state index contributed by atoms with van der Waals surface area (Å²) in [4.78, 5) is 38.9. The van der Waals surface area contributed by atoms with Crippen LogP contribution in [0.4, 0.5) is 10.5 Å². The number of rotatable bonds is 6. The van der Waals surface area contributed by atoms with Crippen LogP contribution in [0.5, 0.6) is 5.75 Å². The lowest BCUT2D eigenvalue weighted by atomic mass is 10.1. The zero-order valence-corrected chi connectivity index (χ0v) is 17.6. The van der Waals surface area contributed by atoms with E-state index < -0.39 is 0 Å². The van der Waals surface area contributed by atoms with Crippen molar-refractivity contribution in [3.05, 3.63) is 77.2 Å². The van der Waals surface area contributed by atoms with Gasteiger partial charge in [0.1, 0.15) is 5.75 Å². The quantitative estimate of drug-likeness (QED) is 0.560. The number of nitrogens with one attached hydrogen (secondary N) is 1. The number of ether oxygens (including phenoxy) is 1. The zero-order chi connectivity index (χ0) is 21.8. The first kappa shape index (κ1) is 20.7. The highest BCUT2D eigenvalue weighted by Crippen LogP contribution is 2.32. The van der Waals surface area contributed by atoms with E-state index in [-0.39, 0.29) is 30.0 Å². The molecule has 7 heteroatoms. The van der Waals surface area contributed by atoms with Gasteiger partial charge in [-0.15, -0.1) is 0 Å². The molecule has 0 bridgehead atoms. The molecule has 156 valence electrons. The minimum absolute atomic E-state index is 0.0249. The number of fused-ring (bicyclic) bond motifs is 1. The van der Waals surface area contributed by atoms with Crippen molar-refractivity contribution in [1.29, 1.82) is 0 Å². The Morgan fingerprint density at radius 2 is 1.77 bits per heavy atom. The lowest BCUT2D eigenvalue weighted by Gasteiger charge is -2.13. The Morgan fingerprint density at radius 3 is 2.55 bits per heavy atom. The number of thioether (sulfide) groups is 1. The first-order chi connectivity index (χ1) is 15.0. The summed E-state index contributed by atoms with van der Waals surface area (Å²) >= 11 is 0.880. The number of carbonyl (C=O) groups excluding carboxylic acids is 3. The summed E-state index contributed by atoms with van der Waals surface area (Å²) in [7, 11) is 1.58. The first-order valence-electron chi connectivity index (χ1n) is 9.72. The average molecular weight is 433 g/mol. The normalized spacial score (nSPS) is 15.0. The standard InChI is InChI=1S/C24H20N2O4S/c1-30-18-11-9-16(10-12-18)15-21-23(28)26(24(29)31-21)14-13-22(27)25-20-8-4-6-17-5-2-3-7-19(17)20/h2-12,15H,13-14H2,1H3,(H,25,27)/b21-15-. The lowest BCUT2D eigenvalue weighted by Crippen LogP contribution is -2.31. The van der Waals surface area contributed by atoms with Crippen LogP contribution in [0.3, 0.4) is 0 Å². The highest BCUT2D eigenvalue weighted by molar-refractivity contribution is 8.18. The highest BCUT2D eigenvalue weighted by Gasteiger charge is 2.35. The molecule has 1 heterocycles. The second kappa shape index (κ2) is 9.06. The van der Waals surface area contributed by atoms with Crippen molar-refractivity contribution in [2.24, 2.45) is 0 Å². The molecule has 31 heavy (non-hydrogen) atoms. The van der Waals surface area contributed by atoms with Gasteiger partial charge in [-0.1, -0.05) is 48.5 Å². The highest BCUT2D eigenvalue weighted by atomic mass is 32.2. The summed E-state index contributed by atoms with van der Waals surface area (Å²) in [5.41, 5.74) is 1.50. The van der Waals surface area contributed by atoms with E-state index >= 15 is 0 Å². The minimum atomic E-state index is -0.385. The van der Waals surface area contributed by atoms with Crippen molar-refractivity contribution in [2.45, 2.75) is 6.42 Å². The number of amides is 3. The number of benzene rings is 3. The summed E-state index contributed by atoms with van der Waals surface area (Å²) in [6, 6.07) is 20.6. The summed E-state index contributed by atoms with van der Waals surface area (Å²) in [5.74, 6) is 0.0702. The maximum absolute atomic E-state index is 12.6. The maximum atomic E-state index is 12.6. The van der Waals surface area contributed by atoms with E-state index in [0.29, 0.717) is 16.3 Å². The smallest absolute Gasteiger partial charge is 0.293 e. The van der Waals surface area contributed by atoms with Gasteiger partial charge in [0.25, 0.3) is 11.1 Å². The second-order valence-electron chi connectivity index (χ2n) is 6.93. The molecule has 0 aromatic heterocycles. The van der Waals surface area contributed by atoms with E-state index in [2.05, 4.69) is 5.32 Å². The van der Waals surface area contributed by atoms with Gasteiger partial charge in [0, 0.05) is 24.0 Å². The predicted molar refractivity (Wildman–Crippen MR) is 123 cm³/mol. The molecule has 0 atom stereocenters. The van der Waals surface area contributed by atoms with Crippen LogP contribution in [0.25, 0.3) is 16.8 Å². The van der Waals surface area contributed by atoms with Gasteiger partial charge in [-0.25, -0.2) is 0 Å². The van der Waals surface area contributed by atoms with Crippen molar-refractivity contribution >= 4 is 51.4 Å². The van der Waals surface area contributed by atoms with E-state index in [1.807, 2.05) is 54.6 Å². The van der Waals surface area contributed by atoms with Crippen LogP contribution in [0.1, 0.15) is 12.0 Å². The molecular weight excluding hydrogens is 412 g/mol. The monoisotopic (exact) mass is 432 g/mol.